The highest BCUT2D eigenvalue weighted by atomic mass is 32.2. The maximum atomic E-state index is 12.8. The molecule has 0 saturated carbocycles. The van der Waals surface area contributed by atoms with Crippen molar-refractivity contribution in [2.24, 2.45) is 0 Å². The first-order chi connectivity index (χ1) is 13.6. The van der Waals surface area contributed by atoms with Gasteiger partial charge in [-0.2, -0.15) is 0 Å². The van der Waals surface area contributed by atoms with E-state index in [-0.39, 0.29) is 5.91 Å². The SMILES string of the molecule is CCn1c(SCC(=O)N2C(C)CCCC2C)nnc1-c1c[nH]c2ccccc12. The number of nitrogens with zero attached hydrogens (tertiary/aromatic N) is 4. The molecule has 1 fully saturated rings. The smallest absolute Gasteiger partial charge is 0.233 e. The fourth-order valence-corrected chi connectivity index (χ4v) is 5.12. The van der Waals surface area contributed by atoms with Gasteiger partial charge in [-0.1, -0.05) is 30.0 Å². The lowest BCUT2D eigenvalue weighted by Gasteiger charge is -2.39. The van der Waals surface area contributed by atoms with E-state index >= 15 is 0 Å². The van der Waals surface area contributed by atoms with Gasteiger partial charge in [0.1, 0.15) is 0 Å². The number of piperidine rings is 1. The number of amides is 1. The van der Waals surface area contributed by atoms with Crippen LogP contribution in [0.2, 0.25) is 0 Å². The molecule has 6 nitrogen and oxygen atoms in total. The van der Waals surface area contributed by atoms with Gasteiger partial charge in [0.15, 0.2) is 11.0 Å². The van der Waals surface area contributed by atoms with Crippen LogP contribution in [-0.2, 0) is 11.3 Å². The van der Waals surface area contributed by atoms with E-state index in [1.165, 1.54) is 18.2 Å². The number of aromatic nitrogens is 4. The summed E-state index contributed by atoms with van der Waals surface area (Å²) < 4.78 is 2.09. The largest absolute Gasteiger partial charge is 0.360 e. The number of likely N-dealkylation sites (tertiary alicyclic amines) is 1. The summed E-state index contributed by atoms with van der Waals surface area (Å²) in [5.41, 5.74) is 2.13. The number of aromatic amines is 1. The zero-order valence-electron chi connectivity index (χ0n) is 16.7. The van der Waals surface area contributed by atoms with Crippen molar-refractivity contribution >= 4 is 28.6 Å². The number of para-hydroxylation sites is 1. The number of carbonyl (C=O) groups excluding carboxylic acids is 1. The van der Waals surface area contributed by atoms with Crippen LogP contribution < -0.4 is 0 Å². The molecule has 1 aliphatic rings. The first-order valence-corrected chi connectivity index (χ1v) is 11.0. The van der Waals surface area contributed by atoms with E-state index in [2.05, 4.69) is 57.6 Å². The number of fused-ring (bicyclic) bond motifs is 1. The van der Waals surface area contributed by atoms with Gasteiger partial charge in [0.25, 0.3) is 0 Å². The lowest BCUT2D eigenvalue weighted by molar-refractivity contribution is -0.134. The van der Waals surface area contributed by atoms with Crippen molar-refractivity contribution in [3.63, 3.8) is 0 Å². The summed E-state index contributed by atoms with van der Waals surface area (Å²) >= 11 is 1.49. The summed E-state index contributed by atoms with van der Waals surface area (Å²) in [6.07, 6.45) is 5.38. The lowest BCUT2D eigenvalue weighted by atomic mass is 9.98. The van der Waals surface area contributed by atoms with Crippen molar-refractivity contribution in [1.29, 1.82) is 0 Å². The quantitative estimate of drug-likeness (QED) is 0.651. The second-order valence-electron chi connectivity index (χ2n) is 7.52. The molecule has 1 aromatic carbocycles. The molecule has 1 amide bonds. The summed E-state index contributed by atoms with van der Waals surface area (Å²) in [7, 11) is 0. The van der Waals surface area contributed by atoms with Gasteiger partial charge in [-0.05, 0) is 46.1 Å². The fourth-order valence-electron chi connectivity index (χ4n) is 4.25. The number of thioether (sulfide) groups is 1. The molecule has 3 aromatic rings. The molecule has 7 heteroatoms. The van der Waals surface area contributed by atoms with E-state index in [4.69, 9.17) is 0 Å². The molecule has 2 atom stereocenters. The Hall–Kier alpha value is -2.28. The molecule has 4 rings (SSSR count). The molecule has 1 aliphatic heterocycles. The first-order valence-electron chi connectivity index (χ1n) is 10.0. The van der Waals surface area contributed by atoms with Crippen molar-refractivity contribution in [2.45, 2.75) is 63.8 Å². The molecule has 3 heterocycles. The van der Waals surface area contributed by atoms with E-state index in [0.717, 1.165) is 46.8 Å². The number of rotatable bonds is 5. The molecular formula is C21H27N5OS. The summed E-state index contributed by atoms with van der Waals surface area (Å²) in [6, 6.07) is 8.83. The van der Waals surface area contributed by atoms with Gasteiger partial charge in [-0.3, -0.25) is 4.79 Å². The highest BCUT2D eigenvalue weighted by Crippen LogP contribution is 2.30. The van der Waals surface area contributed by atoms with Crippen LogP contribution in [0.5, 0.6) is 0 Å². The van der Waals surface area contributed by atoms with Gasteiger partial charge in [-0.15, -0.1) is 10.2 Å². The Morgan fingerprint density at radius 2 is 1.96 bits per heavy atom. The van der Waals surface area contributed by atoms with E-state index in [0.29, 0.717) is 17.8 Å². The summed E-state index contributed by atoms with van der Waals surface area (Å²) in [6.45, 7) is 7.15. The number of hydrogen-bond donors (Lipinski definition) is 1. The van der Waals surface area contributed by atoms with Crippen LogP contribution in [0.15, 0.2) is 35.6 Å². The Bertz CT molecular complexity index is 968. The highest BCUT2D eigenvalue weighted by Gasteiger charge is 2.29. The molecule has 148 valence electrons. The maximum absolute atomic E-state index is 12.8. The molecule has 2 aromatic heterocycles. The third-order valence-corrected chi connectivity index (χ3v) is 6.62. The van der Waals surface area contributed by atoms with Crippen molar-refractivity contribution < 1.29 is 4.79 Å². The Balaban J connectivity index is 1.54. The standard InChI is InChI=1S/C21H27N5OS/c1-4-25-20(17-12-22-18-11-6-5-10-16(17)18)23-24-21(25)28-13-19(27)26-14(2)8-7-9-15(26)3/h5-6,10-12,14-15,22H,4,7-9,13H2,1-3H3. The normalized spacial score (nSPS) is 20.0. The highest BCUT2D eigenvalue weighted by molar-refractivity contribution is 7.99. The van der Waals surface area contributed by atoms with Gasteiger partial charge >= 0.3 is 0 Å². The van der Waals surface area contributed by atoms with E-state index < -0.39 is 0 Å². The Kier molecular flexibility index (Phi) is 5.44. The average molecular weight is 398 g/mol. The molecule has 2 unspecified atom stereocenters. The minimum atomic E-state index is 0.198. The van der Waals surface area contributed by atoms with Crippen LogP contribution in [0, 0.1) is 0 Å². The molecule has 0 bridgehead atoms. The van der Waals surface area contributed by atoms with Gasteiger partial charge in [0, 0.05) is 41.3 Å². The van der Waals surface area contributed by atoms with Crippen molar-refractivity contribution in [1.82, 2.24) is 24.6 Å². The number of carbonyl (C=O) groups is 1. The van der Waals surface area contributed by atoms with Crippen LogP contribution in [0.25, 0.3) is 22.3 Å². The number of hydrogen-bond acceptors (Lipinski definition) is 4. The van der Waals surface area contributed by atoms with Crippen molar-refractivity contribution in [3.05, 3.63) is 30.5 Å². The van der Waals surface area contributed by atoms with E-state index in [1.807, 2.05) is 18.3 Å². The number of benzene rings is 1. The third-order valence-electron chi connectivity index (χ3n) is 5.67. The Morgan fingerprint density at radius 3 is 2.71 bits per heavy atom. The molecule has 1 N–H and O–H groups in total. The molecule has 0 spiro atoms. The second-order valence-corrected chi connectivity index (χ2v) is 8.46. The minimum Gasteiger partial charge on any atom is -0.360 e. The molecular weight excluding hydrogens is 370 g/mol. The Morgan fingerprint density at radius 1 is 1.21 bits per heavy atom. The monoisotopic (exact) mass is 397 g/mol. The van der Waals surface area contributed by atoms with Crippen molar-refractivity contribution in [2.75, 3.05) is 5.75 Å². The zero-order valence-corrected chi connectivity index (χ0v) is 17.5. The average Bonchev–Trinajstić information content (AvgIpc) is 3.29. The molecule has 0 aliphatic carbocycles. The number of H-pyrrole nitrogens is 1. The predicted molar refractivity (Wildman–Crippen MR) is 113 cm³/mol. The van der Waals surface area contributed by atoms with Gasteiger partial charge in [0.2, 0.25) is 5.91 Å². The fraction of sp³-hybridized carbons (Fsp3) is 0.476. The lowest BCUT2D eigenvalue weighted by Crippen LogP contribution is -2.48. The van der Waals surface area contributed by atoms with Crippen LogP contribution >= 0.6 is 11.8 Å². The third kappa shape index (κ3) is 3.43. The van der Waals surface area contributed by atoms with Crippen molar-refractivity contribution in [3.8, 4) is 11.4 Å². The topological polar surface area (TPSA) is 66.8 Å². The van der Waals surface area contributed by atoms with Gasteiger partial charge in [0.05, 0.1) is 5.75 Å². The van der Waals surface area contributed by atoms with E-state index in [1.54, 1.807) is 0 Å². The minimum absolute atomic E-state index is 0.198. The molecule has 0 radical (unpaired) electrons. The van der Waals surface area contributed by atoms with Crippen LogP contribution in [0.3, 0.4) is 0 Å². The summed E-state index contributed by atoms with van der Waals surface area (Å²) in [4.78, 5) is 18.2. The van der Waals surface area contributed by atoms with E-state index in [9.17, 15) is 4.79 Å². The van der Waals surface area contributed by atoms with Crippen LogP contribution in [-0.4, -0.2) is 48.4 Å². The molecule has 28 heavy (non-hydrogen) atoms. The zero-order chi connectivity index (χ0) is 19.7. The van der Waals surface area contributed by atoms with Gasteiger partial charge < -0.3 is 14.5 Å². The van der Waals surface area contributed by atoms with Gasteiger partial charge in [-0.25, -0.2) is 0 Å². The first kappa shape index (κ1) is 19.1. The molecule has 1 saturated heterocycles. The van der Waals surface area contributed by atoms with Crippen LogP contribution in [0.1, 0.15) is 40.0 Å². The summed E-state index contributed by atoms with van der Waals surface area (Å²) in [5, 5.41) is 10.8. The predicted octanol–water partition coefficient (Wildman–Crippen LogP) is 4.33. The maximum Gasteiger partial charge on any atom is 0.233 e. The number of nitrogens with one attached hydrogen (secondary N) is 1. The Labute approximate surface area is 169 Å². The second kappa shape index (κ2) is 7.99. The van der Waals surface area contributed by atoms with Crippen LogP contribution in [0.4, 0.5) is 0 Å². The summed E-state index contributed by atoms with van der Waals surface area (Å²) in [5.74, 6) is 1.44.